The molecule has 1 N–H and O–H groups in total. The molecule has 4 rings (SSSR count). The Morgan fingerprint density at radius 1 is 1.03 bits per heavy atom. The summed E-state index contributed by atoms with van der Waals surface area (Å²) in [5, 5.41) is 11.0. The molecule has 0 aromatic heterocycles. The summed E-state index contributed by atoms with van der Waals surface area (Å²) in [4.78, 5) is 0. The molecule has 4 aliphatic carbocycles. The minimum Gasteiger partial charge on any atom is -0.414 e. The van der Waals surface area contributed by atoms with Gasteiger partial charge in [-0.15, -0.1) is 0 Å². The molecular weight excluding hydrogens is 372 g/mol. The van der Waals surface area contributed by atoms with E-state index in [1.807, 2.05) is 0 Å². The predicted molar refractivity (Wildman–Crippen MR) is 124 cm³/mol. The third-order valence-corrected chi connectivity index (χ3v) is 15.1. The zero-order valence-corrected chi connectivity index (χ0v) is 21.3. The minimum atomic E-state index is -1.71. The number of aliphatic hydroxyl groups excluding tert-OH is 1. The van der Waals surface area contributed by atoms with Crippen molar-refractivity contribution in [3.63, 3.8) is 0 Å². The number of fused-ring (bicyclic) bond motifs is 5. The lowest BCUT2D eigenvalue weighted by Crippen LogP contribution is -2.54. The van der Waals surface area contributed by atoms with Gasteiger partial charge in [0.25, 0.3) is 0 Å². The van der Waals surface area contributed by atoms with Crippen LogP contribution in [-0.2, 0) is 4.43 Å². The second kappa shape index (κ2) is 6.94. The normalized spacial score (nSPS) is 47.8. The van der Waals surface area contributed by atoms with Gasteiger partial charge in [-0.05, 0) is 97.6 Å². The fraction of sp³-hybridized carbons (Fsp3) is 0.923. The molecule has 0 amide bonds. The van der Waals surface area contributed by atoms with Crippen LogP contribution in [0.15, 0.2) is 11.6 Å². The van der Waals surface area contributed by atoms with Crippen molar-refractivity contribution in [2.24, 2.45) is 34.5 Å². The zero-order valence-electron chi connectivity index (χ0n) is 20.3. The van der Waals surface area contributed by atoms with Crippen molar-refractivity contribution in [2.75, 3.05) is 0 Å². The van der Waals surface area contributed by atoms with Crippen molar-refractivity contribution in [3.8, 4) is 0 Å². The molecule has 29 heavy (non-hydrogen) atoms. The highest BCUT2D eigenvalue weighted by molar-refractivity contribution is 6.74. The number of hydrogen-bond donors (Lipinski definition) is 1. The van der Waals surface area contributed by atoms with E-state index in [0.29, 0.717) is 23.4 Å². The maximum absolute atomic E-state index is 10.7. The lowest BCUT2D eigenvalue weighted by molar-refractivity contribution is -0.0842. The molecule has 0 heterocycles. The molecule has 0 spiro atoms. The number of aliphatic hydroxyl groups is 1. The maximum atomic E-state index is 10.7. The van der Waals surface area contributed by atoms with Crippen LogP contribution in [0.5, 0.6) is 0 Å². The standard InChI is InChI=1S/C26H46O2Si/c1-17-15-18-16-19(28-29(7,8)24(2,3)4)11-13-25(18,5)21-12-14-26(6)20(23(17)21)9-10-22(26)27/h15,17,19-23,27H,9-14,16H2,1-8H3/t17-,19+,20+,21+,22?,23+,25+,26+/m1/s1. The highest BCUT2D eigenvalue weighted by Gasteiger charge is 2.60. The van der Waals surface area contributed by atoms with Gasteiger partial charge in [0, 0.05) is 6.10 Å². The highest BCUT2D eigenvalue weighted by atomic mass is 28.4. The monoisotopic (exact) mass is 418 g/mol. The lowest BCUT2D eigenvalue weighted by Gasteiger charge is -2.59. The zero-order chi connectivity index (χ0) is 21.4. The third kappa shape index (κ3) is 3.33. The average Bonchev–Trinajstić information content (AvgIpc) is 2.90. The maximum Gasteiger partial charge on any atom is 0.192 e. The third-order valence-electron chi connectivity index (χ3n) is 10.6. The van der Waals surface area contributed by atoms with Crippen molar-refractivity contribution >= 4 is 8.32 Å². The van der Waals surface area contributed by atoms with Gasteiger partial charge < -0.3 is 9.53 Å². The molecule has 166 valence electrons. The van der Waals surface area contributed by atoms with Crippen molar-refractivity contribution in [1.82, 2.24) is 0 Å². The summed E-state index contributed by atoms with van der Waals surface area (Å²) < 4.78 is 6.87. The van der Waals surface area contributed by atoms with E-state index in [0.717, 1.165) is 24.7 Å². The van der Waals surface area contributed by atoms with Crippen LogP contribution in [0.3, 0.4) is 0 Å². The fourth-order valence-corrected chi connectivity index (χ4v) is 9.04. The van der Waals surface area contributed by atoms with Crippen LogP contribution in [-0.4, -0.2) is 25.6 Å². The molecule has 3 fully saturated rings. The Balaban J connectivity index is 1.58. The van der Waals surface area contributed by atoms with E-state index >= 15 is 0 Å². The second-order valence-electron chi connectivity index (χ2n) is 13.1. The van der Waals surface area contributed by atoms with Gasteiger partial charge in [-0.25, -0.2) is 0 Å². The summed E-state index contributed by atoms with van der Waals surface area (Å²) in [5.74, 6) is 2.92. The first-order chi connectivity index (χ1) is 13.3. The molecule has 2 nitrogen and oxygen atoms in total. The van der Waals surface area contributed by atoms with Crippen molar-refractivity contribution in [2.45, 2.75) is 117 Å². The van der Waals surface area contributed by atoms with Crippen LogP contribution in [0.1, 0.15) is 86.5 Å². The summed E-state index contributed by atoms with van der Waals surface area (Å²) in [6.45, 7) is 19.3. The molecule has 0 bridgehead atoms. The van der Waals surface area contributed by atoms with Gasteiger partial charge >= 0.3 is 0 Å². The van der Waals surface area contributed by atoms with E-state index in [9.17, 15) is 5.11 Å². The van der Waals surface area contributed by atoms with Gasteiger partial charge in [-0.3, -0.25) is 0 Å². The lowest BCUT2D eigenvalue weighted by atomic mass is 9.46. The molecule has 3 saturated carbocycles. The first-order valence-electron chi connectivity index (χ1n) is 12.4. The number of rotatable bonds is 2. The van der Waals surface area contributed by atoms with E-state index in [1.165, 1.54) is 32.1 Å². The first kappa shape index (κ1) is 22.1. The summed E-state index contributed by atoms with van der Waals surface area (Å²) in [6, 6.07) is 0. The SMILES string of the molecule is C[C@@H]1C=C2C[C@@H](O[Si](C)(C)C(C)(C)C)CC[C@]2(C)[C@H]2CC[C@]3(C)C(O)CC[C@H]3[C@H]12. The summed E-state index contributed by atoms with van der Waals surface area (Å²) in [7, 11) is -1.71. The molecule has 0 aliphatic heterocycles. The van der Waals surface area contributed by atoms with Gasteiger partial charge in [-0.1, -0.05) is 53.2 Å². The van der Waals surface area contributed by atoms with Gasteiger partial charge in [0.1, 0.15) is 0 Å². The van der Waals surface area contributed by atoms with Gasteiger partial charge in [0.2, 0.25) is 0 Å². The Kier molecular flexibility index (Phi) is 5.28. The molecule has 4 aliphatic rings. The largest absolute Gasteiger partial charge is 0.414 e. The Labute approximate surface area is 181 Å². The summed E-state index contributed by atoms with van der Waals surface area (Å²) in [6.07, 6.45) is 11.5. The van der Waals surface area contributed by atoms with E-state index in [1.54, 1.807) is 5.57 Å². The van der Waals surface area contributed by atoms with E-state index < -0.39 is 8.32 Å². The van der Waals surface area contributed by atoms with Crippen LogP contribution in [0.4, 0.5) is 0 Å². The Bertz CT molecular complexity index is 677. The quantitative estimate of drug-likeness (QED) is 0.388. The molecule has 0 radical (unpaired) electrons. The van der Waals surface area contributed by atoms with Gasteiger partial charge in [0.15, 0.2) is 8.32 Å². The number of allylic oxidation sites excluding steroid dienone is 1. The highest BCUT2D eigenvalue weighted by Crippen LogP contribution is 2.66. The van der Waals surface area contributed by atoms with Crippen LogP contribution < -0.4 is 0 Å². The molecule has 0 aromatic carbocycles. The second-order valence-corrected chi connectivity index (χ2v) is 17.9. The van der Waals surface area contributed by atoms with Crippen molar-refractivity contribution in [1.29, 1.82) is 0 Å². The van der Waals surface area contributed by atoms with Crippen LogP contribution in [0, 0.1) is 34.5 Å². The van der Waals surface area contributed by atoms with Gasteiger partial charge in [0.05, 0.1) is 6.10 Å². The predicted octanol–water partition coefficient (Wildman–Crippen LogP) is 6.95. The van der Waals surface area contributed by atoms with Crippen molar-refractivity contribution < 1.29 is 9.53 Å². The Morgan fingerprint density at radius 3 is 2.38 bits per heavy atom. The molecule has 0 aromatic rings. The molecule has 8 atom stereocenters. The molecule has 0 saturated heterocycles. The van der Waals surface area contributed by atoms with Gasteiger partial charge in [-0.2, -0.15) is 0 Å². The first-order valence-corrected chi connectivity index (χ1v) is 15.3. The van der Waals surface area contributed by atoms with Crippen LogP contribution >= 0.6 is 0 Å². The van der Waals surface area contributed by atoms with E-state index in [2.05, 4.69) is 60.7 Å². The molecular formula is C26H46O2Si. The minimum absolute atomic E-state index is 0.0763. The Hall–Kier alpha value is -0.123. The molecule has 3 heteroatoms. The fourth-order valence-electron chi connectivity index (χ4n) is 7.65. The van der Waals surface area contributed by atoms with E-state index in [4.69, 9.17) is 4.43 Å². The van der Waals surface area contributed by atoms with Crippen LogP contribution in [0.25, 0.3) is 0 Å². The molecule has 1 unspecified atom stereocenters. The number of hydrogen-bond acceptors (Lipinski definition) is 2. The smallest absolute Gasteiger partial charge is 0.192 e. The summed E-state index contributed by atoms with van der Waals surface area (Å²) in [5.41, 5.74) is 2.24. The van der Waals surface area contributed by atoms with Crippen LogP contribution in [0.2, 0.25) is 18.1 Å². The van der Waals surface area contributed by atoms with Crippen molar-refractivity contribution in [3.05, 3.63) is 11.6 Å². The Morgan fingerprint density at radius 2 is 1.72 bits per heavy atom. The average molecular weight is 419 g/mol. The summed E-state index contributed by atoms with van der Waals surface area (Å²) >= 11 is 0. The van der Waals surface area contributed by atoms with E-state index in [-0.39, 0.29) is 16.6 Å². The topological polar surface area (TPSA) is 29.5 Å².